The van der Waals surface area contributed by atoms with Crippen molar-refractivity contribution in [2.24, 2.45) is 0 Å². The van der Waals surface area contributed by atoms with Gasteiger partial charge < -0.3 is 14.6 Å². The van der Waals surface area contributed by atoms with Crippen LogP contribution in [0.15, 0.2) is 54.7 Å². The Kier molecular flexibility index (Phi) is 4.67. The maximum Gasteiger partial charge on any atom is 0.340 e. The first-order chi connectivity index (χ1) is 13.2. The van der Waals surface area contributed by atoms with Gasteiger partial charge in [0.1, 0.15) is 6.54 Å². The second-order valence-electron chi connectivity index (χ2n) is 6.89. The normalized spacial score (nSPS) is 16.0. The monoisotopic (exact) mass is 362 g/mol. The third-order valence-corrected chi connectivity index (χ3v) is 5.21. The Morgan fingerprint density at radius 2 is 1.93 bits per heavy atom. The molecule has 5 nitrogen and oxygen atoms in total. The largest absolute Gasteiger partial charge is 0.465 e. The molecular weight excluding hydrogens is 340 g/mol. The molecule has 5 heteroatoms. The molecule has 138 valence electrons. The van der Waals surface area contributed by atoms with Gasteiger partial charge >= 0.3 is 5.97 Å². The van der Waals surface area contributed by atoms with Crippen LogP contribution in [0.25, 0.3) is 10.9 Å². The number of carbonyl (C=O) groups is 2. The zero-order valence-electron chi connectivity index (χ0n) is 15.3. The Bertz CT molecular complexity index is 1010. The average molecular weight is 362 g/mol. The first-order valence-electron chi connectivity index (χ1n) is 9.20. The predicted octanol–water partition coefficient (Wildman–Crippen LogP) is 3.62. The van der Waals surface area contributed by atoms with Crippen molar-refractivity contribution >= 4 is 22.8 Å². The first kappa shape index (κ1) is 17.3. The van der Waals surface area contributed by atoms with E-state index in [1.807, 2.05) is 41.0 Å². The van der Waals surface area contributed by atoms with E-state index in [1.165, 1.54) is 18.2 Å². The van der Waals surface area contributed by atoms with Crippen LogP contribution in [-0.4, -0.2) is 23.6 Å². The summed E-state index contributed by atoms with van der Waals surface area (Å²) in [5.41, 5.74) is 3.85. The van der Waals surface area contributed by atoms with Crippen LogP contribution in [0.2, 0.25) is 0 Å². The lowest BCUT2D eigenvalue weighted by molar-refractivity contribution is -0.122. The molecule has 3 aromatic rings. The highest BCUT2D eigenvalue weighted by molar-refractivity contribution is 6.04. The summed E-state index contributed by atoms with van der Waals surface area (Å²) >= 11 is 0. The molecule has 0 radical (unpaired) electrons. The summed E-state index contributed by atoms with van der Waals surface area (Å²) < 4.78 is 6.68. The molecule has 1 aromatic heterocycles. The number of nitrogens with zero attached hydrogens (tertiary/aromatic N) is 1. The first-order valence-corrected chi connectivity index (χ1v) is 9.20. The van der Waals surface area contributed by atoms with Crippen molar-refractivity contribution in [3.63, 3.8) is 0 Å². The lowest BCUT2D eigenvalue weighted by Gasteiger charge is -2.26. The maximum absolute atomic E-state index is 12.7. The van der Waals surface area contributed by atoms with Crippen molar-refractivity contribution in [3.8, 4) is 0 Å². The zero-order valence-corrected chi connectivity index (χ0v) is 15.3. The number of rotatable bonds is 4. The molecule has 0 aliphatic heterocycles. The van der Waals surface area contributed by atoms with Gasteiger partial charge in [-0.1, -0.05) is 42.5 Å². The fraction of sp³-hybridized carbons (Fsp3) is 0.273. The lowest BCUT2D eigenvalue weighted by atomic mass is 9.88. The van der Waals surface area contributed by atoms with Gasteiger partial charge in [0, 0.05) is 17.1 Å². The van der Waals surface area contributed by atoms with Crippen molar-refractivity contribution < 1.29 is 14.3 Å². The number of amides is 1. The summed E-state index contributed by atoms with van der Waals surface area (Å²) in [6, 6.07) is 15.9. The third kappa shape index (κ3) is 3.33. The number of fused-ring (bicyclic) bond motifs is 2. The molecule has 4 rings (SSSR count). The fourth-order valence-electron chi connectivity index (χ4n) is 3.95. The van der Waals surface area contributed by atoms with Crippen LogP contribution in [0.4, 0.5) is 0 Å². The van der Waals surface area contributed by atoms with Crippen LogP contribution in [0, 0.1) is 0 Å². The standard InChI is InChI=1S/C22H22N2O3/c1-27-22(26)18-13-24(20-12-5-4-10-17(18)20)14-21(25)23-19-11-6-8-15-7-2-3-9-16(15)19/h2-5,7,9-10,12-13,19H,6,8,11,14H2,1H3,(H,23,25)/t19-/m1/s1. The summed E-state index contributed by atoms with van der Waals surface area (Å²) in [4.78, 5) is 24.8. The molecule has 0 unspecified atom stereocenters. The minimum atomic E-state index is -0.397. The number of para-hydroxylation sites is 1. The lowest BCUT2D eigenvalue weighted by Crippen LogP contribution is -2.33. The minimum absolute atomic E-state index is 0.0457. The van der Waals surface area contributed by atoms with Gasteiger partial charge in [0.2, 0.25) is 5.91 Å². The fourth-order valence-corrected chi connectivity index (χ4v) is 3.95. The van der Waals surface area contributed by atoms with E-state index in [1.54, 1.807) is 6.20 Å². The van der Waals surface area contributed by atoms with E-state index in [0.717, 1.165) is 30.2 Å². The Balaban J connectivity index is 1.57. The molecule has 27 heavy (non-hydrogen) atoms. The number of methoxy groups -OCH3 is 1. The smallest absolute Gasteiger partial charge is 0.340 e. The SMILES string of the molecule is COC(=O)c1cn(CC(=O)N[C@@H]2CCCc3ccccc32)c2ccccc12. The Hall–Kier alpha value is -3.08. The number of ether oxygens (including phenoxy) is 1. The number of hydrogen-bond acceptors (Lipinski definition) is 3. The van der Waals surface area contributed by atoms with E-state index in [0.29, 0.717) is 5.56 Å². The summed E-state index contributed by atoms with van der Waals surface area (Å²) in [7, 11) is 1.36. The molecule has 1 atom stereocenters. The zero-order chi connectivity index (χ0) is 18.8. The number of aromatic nitrogens is 1. The molecule has 0 spiro atoms. The van der Waals surface area contributed by atoms with E-state index < -0.39 is 5.97 Å². The van der Waals surface area contributed by atoms with Crippen molar-refractivity contribution in [2.45, 2.75) is 31.8 Å². The number of benzene rings is 2. The third-order valence-electron chi connectivity index (χ3n) is 5.21. The van der Waals surface area contributed by atoms with Crippen LogP contribution < -0.4 is 5.32 Å². The van der Waals surface area contributed by atoms with Gasteiger partial charge in [0.05, 0.1) is 18.7 Å². The molecule has 0 bridgehead atoms. The van der Waals surface area contributed by atoms with E-state index in [-0.39, 0.29) is 18.5 Å². The van der Waals surface area contributed by atoms with E-state index >= 15 is 0 Å². The number of hydrogen-bond donors (Lipinski definition) is 1. The van der Waals surface area contributed by atoms with Crippen LogP contribution >= 0.6 is 0 Å². The van der Waals surface area contributed by atoms with Crippen molar-refractivity contribution in [1.82, 2.24) is 9.88 Å². The van der Waals surface area contributed by atoms with Crippen LogP contribution in [-0.2, 0) is 22.5 Å². The van der Waals surface area contributed by atoms with Crippen LogP contribution in [0.3, 0.4) is 0 Å². The minimum Gasteiger partial charge on any atom is -0.465 e. The van der Waals surface area contributed by atoms with Crippen LogP contribution in [0.5, 0.6) is 0 Å². The van der Waals surface area contributed by atoms with Crippen LogP contribution in [0.1, 0.15) is 40.4 Å². The van der Waals surface area contributed by atoms with E-state index in [2.05, 4.69) is 17.4 Å². The number of esters is 1. The molecule has 1 N–H and O–H groups in total. The molecule has 0 saturated heterocycles. The maximum atomic E-state index is 12.7. The topological polar surface area (TPSA) is 60.3 Å². The van der Waals surface area contributed by atoms with Crippen molar-refractivity contribution in [1.29, 1.82) is 0 Å². The molecular formula is C22H22N2O3. The summed E-state index contributed by atoms with van der Waals surface area (Å²) in [6.07, 6.45) is 4.78. The summed E-state index contributed by atoms with van der Waals surface area (Å²) in [5, 5.41) is 3.96. The van der Waals surface area contributed by atoms with E-state index in [4.69, 9.17) is 4.74 Å². The Morgan fingerprint density at radius 1 is 1.15 bits per heavy atom. The highest BCUT2D eigenvalue weighted by Crippen LogP contribution is 2.29. The average Bonchev–Trinajstić information content (AvgIpc) is 3.06. The number of carbonyl (C=O) groups excluding carboxylic acids is 2. The molecule has 2 aromatic carbocycles. The number of nitrogens with one attached hydrogen (secondary N) is 1. The molecule has 1 heterocycles. The highest BCUT2D eigenvalue weighted by Gasteiger charge is 2.22. The Labute approximate surface area is 157 Å². The predicted molar refractivity (Wildman–Crippen MR) is 104 cm³/mol. The summed E-state index contributed by atoms with van der Waals surface area (Å²) in [6.45, 7) is 0.163. The number of aryl methyl sites for hydroxylation is 1. The van der Waals surface area contributed by atoms with E-state index in [9.17, 15) is 9.59 Å². The molecule has 0 saturated carbocycles. The van der Waals surface area contributed by atoms with Gasteiger partial charge in [-0.2, -0.15) is 0 Å². The molecule has 0 fully saturated rings. The van der Waals surface area contributed by atoms with Crippen molar-refractivity contribution in [2.75, 3.05) is 7.11 Å². The van der Waals surface area contributed by atoms with Gasteiger partial charge in [-0.05, 0) is 36.5 Å². The van der Waals surface area contributed by atoms with Gasteiger partial charge in [-0.3, -0.25) is 4.79 Å². The molecule has 1 amide bonds. The van der Waals surface area contributed by atoms with Crippen molar-refractivity contribution in [3.05, 3.63) is 71.4 Å². The molecule has 1 aliphatic rings. The van der Waals surface area contributed by atoms with Gasteiger partial charge in [-0.25, -0.2) is 4.79 Å². The van der Waals surface area contributed by atoms with Gasteiger partial charge in [0.25, 0.3) is 0 Å². The second-order valence-corrected chi connectivity index (χ2v) is 6.89. The summed E-state index contributed by atoms with van der Waals surface area (Å²) in [5.74, 6) is -0.458. The second kappa shape index (κ2) is 7.27. The quantitative estimate of drug-likeness (QED) is 0.721. The van der Waals surface area contributed by atoms with Gasteiger partial charge in [-0.15, -0.1) is 0 Å². The highest BCUT2D eigenvalue weighted by atomic mass is 16.5. The molecule has 1 aliphatic carbocycles. The van der Waals surface area contributed by atoms with Gasteiger partial charge in [0.15, 0.2) is 0 Å². The Morgan fingerprint density at radius 3 is 2.78 bits per heavy atom.